The minimum atomic E-state index is -2.95. The molecule has 1 aromatic rings. The molecule has 1 aromatic carbocycles. The first-order chi connectivity index (χ1) is 7.11. The molecule has 2 N–H and O–H groups in total. The third kappa shape index (κ3) is 2.91. The zero-order chi connectivity index (χ0) is 12.6. The summed E-state index contributed by atoms with van der Waals surface area (Å²) in [7, 11) is 0. The topological polar surface area (TPSA) is 26.0 Å². The minimum Gasteiger partial charge on any atom is -0.324 e. The lowest BCUT2D eigenvalue weighted by atomic mass is 10.1. The summed E-state index contributed by atoms with van der Waals surface area (Å²) in [4.78, 5) is 0. The third-order valence-corrected chi connectivity index (χ3v) is 1.22. The van der Waals surface area contributed by atoms with Crippen LogP contribution in [0.5, 0.6) is 0 Å². The maximum Gasteiger partial charge on any atom is 0.0514 e. The van der Waals surface area contributed by atoms with Crippen LogP contribution in [-0.2, 0) is 0 Å². The van der Waals surface area contributed by atoms with Crippen LogP contribution in [0.3, 0.4) is 0 Å². The Balaban J connectivity index is 0.00000256. The van der Waals surface area contributed by atoms with E-state index in [1.54, 1.807) is 18.2 Å². The first-order valence-corrected chi connectivity index (χ1v) is 2.95. The number of halogens is 1. The zero-order valence-corrected chi connectivity index (χ0v) is 6.69. The van der Waals surface area contributed by atoms with Gasteiger partial charge in [0, 0.05) is 12.9 Å². The molecule has 0 fully saturated rings. The van der Waals surface area contributed by atoms with Gasteiger partial charge in [-0.1, -0.05) is 37.2 Å². The van der Waals surface area contributed by atoms with Crippen molar-refractivity contribution in [2.45, 2.75) is 19.2 Å². The number of hydrogen-bond acceptors (Lipinski definition) is 1. The molecule has 0 spiro atoms. The van der Waals surface area contributed by atoms with E-state index in [2.05, 4.69) is 0 Å². The van der Waals surface area contributed by atoms with Crippen LogP contribution in [0.15, 0.2) is 30.3 Å². The highest BCUT2D eigenvalue weighted by atomic mass is 35.5. The molecule has 0 aliphatic heterocycles. The molecule has 0 bridgehead atoms. The Hall–Kier alpha value is -0.530. The van der Waals surface area contributed by atoms with Crippen LogP contribution in [0.1, 0.15) is 33.0 Å². The van der Waals surface area contributed by atoms with E-state index in [0.29, 0.717) is 0 Å². The Morgan fingerprint density at radius 1 is 1.64 bits per heavy atom. The molecule has 0 saturated carbocycles. The van der Waals surface area contributed by atoms with E-state index in [0.717, 1.165) is 0 Å². The summed E-state index contributed by atoms with van der Waals surface area (Å²) in [6, 6.07) is 5.43. The van der Waals surface area contributed by atoms with Gasteiger partial charge in [0.1, 0.15) is 0 Å². The highest BCUT2D eigenvalue weighted by molar-refractivity contribution is 5.85. The van der Waals surface area contributed by atoms with Crippen LogP contribution < -0.4 is 5.73 Å². The van der Waals surface area contributed by atoms with E-state index in [9.17, 15) is 0 Å². The molecule has 1 atom stereocenters. The van der Waals surface area contributed by atoms with Gasteiger partial charge < -0.3 is 5.73 Å². The standard InChI is InChI=1S/C9H13N.ClH/c1-2-9(10)8-6-4-3-5-7-8;/h3-7,9H,2,10H2,1H3;1H/t9-;/m1./s1/i1D3,2D2,9D;. The Morgan fingerprint density at radius 3 is 2.82 bits per heavy atom. The fourth-order valence-corrected chi connectivity index (χ4v) is 0.690. The predicted octanol–water partition coefficient (Wildman–Crippen LogP) is 2.52. The van der Waals surface area contributed by atoms with Gasteiger partial charge in [0.05, 0.1) is 1.37 Å². The molecule has 0 aliphatic carbocycles. The van der Waals surface area contributed by atoms with Gasteiger partial charge in [0.2, 0.25) is 0 Å². The lowest BCUT2D eigenvalue weighted by Gasteiger charge is -2.06. The van der Waals surface area contributed by atoms with E-state index < -0.39 is 19.2 Å². The van der Waals surface area contributed by atoms with Gasteiger partial charge in [-0.15, -0.1) is 12.4 Å². The predicted molar refractivity (Wildman–Crippen MR) is 50.9 cm³/mol. The highest BCUT2D eigenvalue weighted by Crippen LogP contribution is 2.11. The van der Waals surface area contributed by atoms with Gasteiger partial charge in [-0.05, 0) is 11.9 Å². The summed E-state index contributed by atoms with van der Waals surface area (Å²) in [6.45, 7) is -2.95. The van der Waals surface area contributed by atoms with Crippen molar-refractivity contribution in [1.29, 1.82) is 0 Å². The smallest absolute Gasteiger partial charge is 0.0514 e. The molecule has 1 nitrogen and oxygen atoms in total. The Bertz CT molecular complexity index is 361. The number of rotatable bonds is 2. The molecule has 0 aromatic heterocycles. The van der Waals surface area contributed by atoms with E-state index in [1.807, 2.05) is 0 Å². The van der Waals surface area contributed by atoms with E-state index in [4.69, 9.17) is 14.0 Å². The molecule has 0 amide bonds. The Kier molecular flexibility index (Phi) is 1.84. The summed E-state index contributed by atoms with van der Waals surface area (Å²) in [6.07, 6.45) is -2.82. The molecule has 1 rings (SSSR count). The molecular weight excluding hydrogens is 158 g/mol. The van der Waals surface area contributed by atoms with Gasteiger partial charge in [0.15, 0.2) is 0 Å². The van der Waals surface area contributed by atoms with Crippen molar-refractivity contribution in [2.24, 2.45) is 5.73 Å². The number of hydrogen-bond donors (Lipinski definition) is 1. The average molecular weight is 178 g/mol. The van der Waals surface area contributed by atoms with Gasteiger partial charge in [0.25, 0.3) is 0 Å². The molecule has 2 heteroatoms. The third-order valence-electron chi connectivity index (χ3n) is 1.22. The van der Waals surface area contributed by atoms with Crippen molar-refractivity contribution in [3.63, 3.8) is 0 Å². The normalized spacial score (nSPS) is 25.2. The molecule has 11 heavy (non-hydrogen) atoms. The van der Waals surface area contributed by atoms with E-state index in [-0.39, 0.29) is 18.0 Å². The Morgan fingerprint density at radius 2 is 2.27 bits per heavy atom. The monoisotopic (exact) mass is 177 g/mol. The summed E-state index contributed by atoms with van der Waals surface area (Å²) in [5.74, 6) is 0. The minimum absolute atomic E-state index is 0. The van der Waals surface area contributed by atoms with Crippen molar-refractivity contribution in [2.75, 3.05) is 0 Å². The first-order valence-electron chi connectivity index (χ1n) is 5.95. The Labute approximate surface area is 82.4 Å². The second-order valence-corrected chi connectivity index (χ2v) is 1.90. The van der Waals surface area contributed by atoms with Gasteiger partial charge in [-0.25, -0.2) is 0 Å². The van der Waals surface area contributed by atoms with Crippen LogP contribution in [0, 0.1) is 0 Å². The lowest BCUT2D eigenvalue weighted by molar-refractivity contribution is 0.699. The summed E-state index contributed by atoms with van der Waals surface area (Å²) < 4.78 is 44.1. The maximum atomic E-state index is 7.77. The molecule has 0 unspecified atom stereocenters. The quantitative estimate of drug-likeness (QED) is 0.739. The van der Waals surface area contributed by atoms with Crippen LogP contribution in [0.25, 0.3) is 0 Å². The SMILES string of the molecule is Cl.[2H]C([2H])([2H])C([2H])([2H])[C@@]([2H])(N)c1ccccc1. The van der Waals surface area contributed by atoms with Gasteiger partial charge in [-0.2, -0.15) is 0 Å². The summed E-state index contributed by atoms with van der Waals surface area (Å²) in [5, 5.41) is 0. The second-order valence-electron chi connectivity index (χ2n) is 1.90. The van der Waals surface area contributed by atoms with Crippen LogP contribution in [0.2, 0.25) is 0 Å². The van der Waals surface area contributed by atoms with Gasteiger partial charge in [-0.3, -0.25) is 0 Å². The first kappa shape index (κ1) is 3.92. The lowest BCUT2D eigenvalue weighted by Crippen LogP contribution is -2.07. The molecule has 0 aliphatic rings. The molecule has 0 heterocycles. The van der Waals surface area contributed by atoms with Crippen molar-refractivity contribution in [3.05, 3.63) is 35.9 Å². The van der Waals surface area contributed by atoms with Crippen LogP contribution >= 0.6 is 12.4 Å². The van der Waals surface area contributed by atoms with E-state index in [1.165, 1.54) is 12.1 Å². The molecule has 62 valence electrons. The largest absolute Gasteiger partial charge is 0.324 e. The van der Waals surface area contributed by atoms with Crippen molar-refractivity contribution >= 4 is 12.4 Å². The molecular formula is C9H14ClN. The van der Waals surface area contributed by atoms with E-state index >= 15 is 0 Å². The fraction of sp³-hybridized carbons (Fsp3) is 0.333. The van der Waals surface area contributed by atoms with Crippen LogP contribution in [0.4, 0.5) is 0 Å². The van der Waals surface area contributed by atoms with Crippen LogP contribution in [-0.4, -0.2) is 0 Å². The highest BCUT2D eigenvalue weighted by Gasteiger charge is 1.99. The van der Waals surface area contributed by atoms with Crippen molar-refractivity contribution in [3.8, 4) is 0 Å². The van der Waals surface area contributed by atoms with Crippen molar-refractivity contribution < 1.29 is 8.22 Å². The number of nitrogens with two attached hydrogens (primary N) is 1. The number of benzene rings is 1. The fourth-order valence-electron chi connectivity index (χ4n) is 0.690. The van der Waals surface area contributed by atoms with Crippen molar-refractivity contribution in [1.82, 2.24) is 0 Å². The zero-order valence-electron chi connectivity index (χ0n) is 11.9. The van der Waals surface area contributed by atoms with Gasteiger partial charge >= 0.3 is 0 Å². The summed E-state index contributed by atoms with van der Waals surface area (Å²) >= 11 is 0. The molecule has 0 radical (unpaired) electrons. The average Bonchev–Trinajstić information content (AvgIpc) is 2.17. The molecule has 0 saturated heterocycles. The second kappa shape index (κ2) is 5.16. The maximum absolute atomic E-state index is 7.77. The summed E-state index contributed by atoms with van der Waals surface area (Å²) in [5.41, 5.74) is 5.67.